The maximum atomic E-state index is 12.4. The van der Waals surface area contributed by atoms with Gasteiger partial charge in [0.1, 0.15) is 4.60 Å². The van der Waals surface area contributed by atoms with Gasteiger partial charge in [-0.25, -0.2) is 4.98 Å². The lowest BCUT2D eigenvalue weighted by molar-refractivity contribution is -0.151. The van der Waals surface area contributed by atoms with Gasteiger partial charge >= 0.3 is 5.97 Å². The van der Waals surface area contributed by atoms with Gasteiger partial charge in [0.2, 0.25) is 0 Å². The summed E-state index contributed by atoms with van der Waals surface area (Å²) in [6, 6.07) is 5.67. The van der Waals surface area contributed by atoms with Gasteiger partial charge in [0.15, 0.2) is 0 Å². The molecule has 3 rings (SSSR count). The summed E-state index contributed by atoms with van der Waals surface area (Å²) in [4.78, 5) is 16.5. The van der Waals surface area contributed by atoms with E-state index in [9.17, 15) is 15.2 Å². The number of aromatic nitrogens is 1. The number of nitrogens with one attached hydrogen (secondary N) is 1. The Hall–Kier alpha value is -1.87. The van der Waals surface area contributed by atoms with Crippen LogP contribution < -0.4 is 5.32 Å². The Balaban J connectivity index is 2.09. The van der Waals surface area contributed by atoms with Crippen LogP contribution in [0.1, 0.15) is 51.0 Å². The van der Waals surface area contributed by atoms with E-state index in [1.54, 1.807) is 13.1 Å². The number of nitriles is 1. The quantitative estimate of drug-likeness (QED) is 0.726. The zero-order valence-corrected chi connectivity index (χ0v) is 16.0. The van der Waals surface area contributed by atoms with E-state index in [1.807, 2.05) is 19.1 Å². The number of carboxylic acid groups (broad SMARTS) is 1. The molecule has 1 aliphatic heterocycles. The number of pyridine rings is 1. The fourth-order valence-electron chi connectivity index (χ4n) is 3.92. The highest BCUT2D eigenvalue weighted by atomic mass is 79.9. The van der Waals surface area contributed by atoms with Crippen LogP contribution in [0.2, 0.25) is 0 Å². The molecule has 6 heteroatoms. The van der Waals surface area contributed by atoms with E-state index in [-0.39, 0.29) is 6.04 Å². The minimum atomic E-state index is -1.10. The maximum absolute atomic E-state index is 12.4. The molecule has 25 heavy (non-hydrogen) atoms. The molecule has 0 bridgehead atoms. The van der Waals surface area contributed by atoms with Crippen LogP contribution in [0.5, 0.6) is 0 Å². The molecular formula is C19H22BrN3O2. The predicted molar refractivity (Wildman–Crippen MR) is 97.6 cm³/mol. The summed E-state index contributed by atoms with van der Waals surface area (Å²) in [6.45, 7) is 3.63. The number of hydrogen-bond acceptors (Lipinski definition) is 4. The number of hydrogen-bond donors (Lipinski definition) is 2. The summed E-state index contributed by atoms with van der Waals surface area (Å²) < 4.78 is 0.640. The van der Waals surface area contributed by atoms with E-state index in [0.29, 0.717) is 10.2 Å². The molecule has 132 valence electrons. The van der Waals surface area contributed by atoms with Gasteiger partial charge in [0.05, 0.1) is 17.1 Å². The Morgan fingerprint density at radius 1 is 1.52 bits per heavy atom. The second-order valence-corrected chi connectivity index (χ2v) is 8.11. The Bertz CT molecular complexity index is 766. The molecule has 0 saturated heterocycles. The SMILES string of the molecule is CC1=C(C#N)C(c2ccnc(Br)c2)C(C)(C(=O)O)C(CCC2CC2)N1. The molecule has 0 aromatic carbocycles. The summed E-state index contributed by atoms with van der Waals surface area (Å²) in [5.41, 5.74) is 0.978. The molecule has 1 aromatic rings. The average molecular weight is 404 g/mol. The third-order valence-corrected chi connectivity index (χ3v) is 6.07. The third kappa shape index (κ3) is 3.30. The molecule has 2 N–H and O–H groups in total. The van der Waals surface area contributed by atoms with E-state index in [1.165, 1.54) is 12.8 Å². The molecule has 3 unspecified atom stereocenters. The molecule has 3 atom stereocenters. The van der Waals surface area contributed by atoms with E-state index < -0.39 is 17.3 Å². The summed E-state index contributed by atoms with van der Waals surface area (Å²) in [6.07, 6.45) is 5.97. The zero-order chi connectivity index (χ0) is 18.2. The van der Waals surface area contributed by atoms with Crippen LogP contribution >= 0.6 is 15.9 Å². The van der Waals surface area contributed by atoms with Crippen molar-refractivity contribution in [2.45, 2.75) is 51.5 Å². The van der Waals surface area contributed by atoms with Crippen LogP contribution in [0, 0.1) is 22.7 Å². The Morgan fingerprint density at radius 3 is 2.80 bits per heavy atom. The van der Waals surface area contributed by atoms with Crippen molar-refractivity contribution >= 4 is 21.9 Å². The van der Waals surface area contributed by atoms with Crippen molar-refractivity contribution in [2.75, 3.05) is 0 Å². The van der Waals surface area contributed by atoms with Gasteiger partial charge in [-0.2, -0.15) is 5.26 Å². The van der Waals surface area contributed by atoms with Crippen LogP contribution in [-0.2, 0) is 4.79 Å². The normalized spacial score (nSPS) is 29.0. The molecule has 0 radical (unpaired) electrons. The van der Waals surface area contributed by atoms with Gasteiger partial charge in [0, 0.05) is 23.9 Å². The molecule has 0 amide bonds. The van der Waals surface area contributed by atoms with Crippen molar-refractivity contribution in [3.63, 3.8) is 0 Å². The lowest BCUT2D eigenvalue weighted by atomic mass is 9.62. The predicted octanol–water partition coefficient (Wildman–Crippen LogP) is 3.98. The first-order valence-electron chi connectivity index (χ1n) is 8.60. The monoisotopic (exact) mass is 403 g/mol. The van der Waals surface area contributed by atoms with Crippen LogP contribution in [0.4, 0.5) is 0 Å². The molecular weight excluding hydrogens is 382 g/mol. The molecule has 1 saturated carbocycles. The highest BCUT2D eigenvalue weighted by molar-refractivity contribution is 9.10. The van der Waals surface area contributed by atoms with E-state index in [4.69, 9.17) is 0 Å². The molecule has 1 fully saturated rings. The first kappa shape index (κ1) is 17.9. The second kappa shape index (κ2) is 6.80. The highest BCUT2D eigenvalue weighted by Crippen LogP contribution is 2.49. The van der Waals surface area contributed by atoms with Gasteiger partial charge < -0.3 is 10.4 Å². The fourth-order valence-corrected chi connectivity index (χ4v) is 4.30. The largest absolute Gasteiger partial charge is 0.481 e. The van der Waals surface area contributed by atoms with E-state index in [0.717, 1.165) is 30.0 Å². The number of rotatable bonds is 5. The Kier molecular flexibility index (Phi) is 4.88. The zero-order valence-electron chi connectivity index (χ0n) is 14.4. The van der Waals surface area contributed by atoms with Crippen LogP contribution in [0.15, 0.2) is 34.2 Å². The smallest absolute Gasteiger partial charge is 0.312 e. The van der Waals surface area contributed by atoms with Gasteiger partial charge in [-0.3, -0.25) is 4.79 Å². The van der Waals surface area contributed by atoms with Crippen molar-refractivity contribution in [1.29, 1.82) is 5.26 Å². The van der Waals surface area contributed by atoms with Crippen LogP contribution in [0.3, 0.4) is 0 Å². The summed E-state index contributed by atoms with van der Waals surface area (Å²) in [5, 5.41) is 23.2. The van der Waals surface area contributed by atoms with Crippen molar-refractivity contribution in [1.82, 2.24) is 10.3 Å². The second-order valence-electron chi connectivity index (χ2n) is 7.30. The van der Waals surface area contributed by atoms with E-state index >= 15 is 0 Å². The molecule has 1 aromatic heterocycles. The van der Waals surface area contributed by atoms with E-state index in [2.05, 4.69) is 32.3 Å². The average Bonchev–Trinajstić information content (AvgIpc) is 3.39. The molecule has 5 nitrogen and oxygen atoms in total. The fraction of sp³-hybridized carbons (Fsp3) is 0.526. The van der Waals surface area contributed by atoms with Crippen LogP contribution in [0.25, 0.3) is 0 Å². The lowest BCUT2D eigenvalue weighted by Crippen LogP contribution is -2.55. The number of halogens is 1. The third-order valence-electron chi connectivity index (χ3n) is 5.63. The minimum Gasteiger partial charge on any atom is -0.481 e. The number of carbonyl (C=O) groups is 1. The highest BCUT2D eigenvalue weighted by Gasteiger charge is 2.53. The molecule has 1 aliphatic carbocycles. The maximum Gasteiger partial charge on any atom is 0.312 e. The topological polar surface area (TPSA) is 86.0 Å². The van der Waals surface area contributed by atoms with Gasteiger partial charge in [-0.15, -0.1) is 0 Å². The Morgan fingerprint density at radius 2 is 2.24 bits per heavy atom. The minimum absolute atomic E-state index is 0.209. The van der Waals surface area contributed by atoms with Crippen LogP contribution in [-0.4, -0.2) is 22.1 Å². The molecule has 0 spiro atoms. The van der Waals surface area contributed by atoms with Crippen molar-refractivity contribution in [2.24, 2.45) is 11.3 Å². The van der Waals surface area contributed by atoms with Crippen molar-refractivity contribution < 1.29 is 9.90 Å². The summed E-state index contributed by atoms with van der Waals surface area (Å²) >= 11 is 3.36. The van der Waals surface area contributed by atoms with Crippen molar-refractivity contribution in [3.05, 3.63) is 39.8 Å². The summed E-state index contributed by atoms with van der Waals surface area (Å²) in [7, 11) is 0. The van der Waals surface area contributed by atoms with Crippen molar-refractivity contribution in [3.8, 4) is 6.07 Å². The van der Waals surface area contributed by atoms with Gasteiger partial charge in [0.25, 0.3) is 0 Å². The number of allylic oxidation sites excluding steroid dienone is 2. The molecule has 2 aliphatic rings. The van der Waals surface area contributed by atoms with Gasteiger partial charge in [-0.1, -0.05) is 12.8 Å². The number of nitrogens with zero attached hydrogens (tertiary/aromatic N) is 2. The Labute approximate surface area is 156 Å². The first-order chi connectivity index (χ1) is 11.9. The standard InChI is InChI=1S/C19H22BrN3O2/c1-11-14(10-21)17(13-7-8-22-16(20)9-13)19(2,18(24)25)15(23-11)6-5-12-3-4-12/h7-9,12,15,17,23H,3-6H2,1-2H3,(H,24,25). The lowest BCUT2D eigenvalue weighted by Gasteiger charge is -2.45. The van der Waals surface area contributed by atoms with Gasteiger partial charge in [-0.05, 0) is 66.2 Å². The molecule has 2 heterocycles. The number of aliphatic carboxylic acids is 1. The summed E-state index contributed by atoms with van der Waals surface area (Å²) in [5.74, 6) is -0.645. The number of carboxylic acids is 1. The first-order valence-corrected chi connectivity index (χ1v) is 9.39.